The lowest BCUT2D eigenvalue weighted by molar-refractivity contribution is 0.398. The molecule has 0 saturated carbocycles. The van der Waals surface area contributed by atoms with Gasteiger partial charge in [0.05, 0.1) is 0 Å². The monoisotopic (exact) mass is 233 g/mol. The normalized spacial score (nSPS) is 20.8. The van der Waals surface area contributed by atoms with Crippen LogP contribution in [0.2, 0.25) is 0 Å². The zero-order chi connectivity index (χ0) is 9.97. The van der Waals surface area contributed by atoms with Gasteiger partial charge in [-0.3, -0.25) is 0 Å². The minimum Gasteiger partial charge on any atom is -0.310 e. The topological polar surface area (TPSA) is 12.0 Å². The van der Waals surface area contributed by atoms with Gasteiger partial charge in [0.1, 0.15) is 11.6 Å². The maximum Gasteiger partial charge on any atom is 0.128 e. The molecule has 0 radical (unpaired) electrons. The smallest absolute Gasteiger partial charge is 0.128 e. The van der Waals surface area contributed by atoms with Crippen molar-refractivity contribution in [2.75, 3.05) is 6.54 Å². The second-order valence-corrected chi connectivity index (χ2v) is 3.67. The van der Waals surface area contributed by atoms with E-state index in [9.17, 15) is 8.78 Å². The quantitative estimate of drug-likeness (QED) is 0.786. The molecule has 1 N–H and O–H groups in total. The lowest BCUT2D eigenvalue weighted by Gasteiger charge is -2.24. The van der Waals surface area contributed by atoms with Gasteiger partial charge >= 0.3 is 0 Å². The minimum absolute atomic E-state index is 0. The Labute approximate surface area is 94.3 Å². The number of rotatable bonds is 1. The van der Waals surface area contributed by atoms with Crippen molar-refractivity contribution in [3.63, 3.8) is 0 Å². The average molecular weight is 234 g/mol. The van der Waals surface area contributed by atoms with E-state index in [1.807, 2.05) is 0 Å². The third-order valence-corrected chi connectivity index (χ3v) is 2.64. The lowest BCUT2D eigenvalue weighted by atomic mass is 9.97. The van der Waals surface area contributed by atoms with E-state index in [1.54, 1.807) is 0 Å². The molecule has 0 aliphatic carbocycles. The zero-order valence-corrected chi connectivity index (χ0v) is 9.12. The van der Waals surface area contributed by atoms with E-state index in [-0.39, 0.29) is 30.1 Å². The molecular weight excluding hydrogens is 220 g/mol. The summed E-state index contributed by atoms with van der Waals surface area (Å²) < 4.78 is 26.3. The van der Waals surface area contributed by atoms with Gasteiger partial charge < -0.3 is 5.32 Å². The molecule has 0 bridgehead atoms. The van der Waals surface area contributed by atoms with Crippen LogP contribution < -0.4 is 5.32 Å². The fourth-order valence-corrected chi connectivity index (χ4v) is 1.90. The number of hydrogen-bond acceptors (Lipinski definition) is 1. The van der Waals surface area contributed by atoms with Crippen LogP contribution >= 0.6 is 12.4 Å². The highest BCUT2D eigenvalue weighted by Crippen LogP contribution is 2.25. The van der Waals surface area contributed by atoms with Crippen molar-refractivity contribution in [3.8, 4) is 0 Å². The SMILES string of the molecule is Cl.Fc1ccc(F)c([C@H]2CCCCN2)c1. The third kappa shape index (κ3) is 2.89. The first kappa shape index (κ1) is 12.4. The zero-order valence-electron chi connectivity index (χ0n) is 8.30. The molecule has 1 aliphatic rings. The molecule has 15 heavy (non-hydrogen) atoms. The van der Waals surface area contributed by atoms with Crippen LogP contribution in [0.25, 0.3) is 0 Å². The standard InChI is InChI=1S/C11H13F2N.ClH/c12-8-4-5-10(13)9(7-8)11-3-1-2-6-14-11;/h4-5,7,11,14H,1-3,6H2;1H/t11-;/m1./s1. The summed E-state index contributed by atoms with van der Waals surface area (Å²) in [5, 5.41) is 3.20. The summed E-state index contributed by atoms with van der Waals surface area (Å²) in [5.41, 5.74) is 0.463. The Morgan fingerprint density at radius 3 is 2.67 bits per heavy atom. The van der Waals surface area contributed by atoms with E-state index < -0.39 is 0 Å². The lowest BCUT2D eigenvalue weighted by Crippen LogP contribution is -2.27. The number of piperidine rings is 1. The summed E-state index contributed by atoms with van der Waals surface area (Å²) in [6.45, 7) is 0.890. The van der Waals surface area contributed by atoms with Crippen LogP contribution in [0.4, 0.5) is 8.78 Å². The highest BCUT2D eigenvalue weighted by molar-refractivity contribution is 5.85. The van der Waals surface area contributed by atoms with Gasteiger partial charge in [-0.15, -0.1) is 12.4 Å². The summed E-state index contributed by atoms with van der Waals surface area (Å²) in [6.07, 6.45) is 3.08. The van der Waals surface area contributed by atoms with Gasteiger partial charge in [-0.05, 0) is 37.6 Å². The van der Waals surface area contributed by atoms with Crippen LogP contribution in [0.1, 0.15) is 30.9 Å². The predicted octanol–water partition coefficient (Wildman–Crippen LogP) is 3.20. The fraction of sp³-hybridized carbons (Fsp3) is 0.455. The van der Waals surface area contributed by atoms with Gasteiger partial charge in [0.15, 0.2) is 0 Å². The van der Waals surface area contributed by atoms with Crippen molar-refractivity contribution < 1.29 is 8.78 Å². The van der Waals surface area contributed by atoms with Gasteiger partial charge in [0.2, 0.25) is 0 Å². The maximum atomic E-state index is 13.3. The van der Waals surface area contributed by atoms with E-state index in [0.717, 1.165) is 31.9 Å². The Balaban J connectivity index is 0.00000112. The molecule has 4 heteroatoms. The third-order valence-electron chi connectivity index (χ3n) is 2.64. The van der Waals surface area contributed by atoms with Gasteiger partial charge in [-0.1, -0.05) is 6.42 Å². The molecule has 1 nitrogen and oxygen atoms in total. The number of halogens is 3. The Kier molecular flexibility index (Phi) is 4.48. The van der Waals surface area contributed by atoms with Crippen LogP contribution in [0.15, 0.2) is 18.2 Å². The first-order valence-corrected chi connectivity index (χ1v) is 4.96. The van der Waals surface area contributed by atoms with E-state index in [0.29, 0.717) is 5.56 Å². The Bertz CT molecular complexity index is 324. The van der Waals surface area contributed by atoms with E-state index in [2.05, 4.69) is 5.32 Å². The molecular formula is C11H14ClF2N. The molecule has 0 amide bonds. The highest BCUT2D eigenvalue weighted by Gasteiger charge is 2.18. The highest BCUT2D eigenvalue weighted by atomic mass is 35.5. The predicted molar refractivity (Wildman–Crippen MR) is 58.2 cm³/mol. The molecule has 1 fully saturated rings. The van der Waals surface area contributed by atoms with E-state index in [4.69, 9.17) is 0 Å². The molecule has 0 spiro atoms. The minimum atomic E-state index is -0.367. The van der Waals surface area contributed by atoms with E-state index >= 15 is 0 Å². The molecule has 1 aromatic rings. The Hall–Kier alpha value is -0.670. The summed E-state index contributed by atoms with van der Waals surface area (Å²) in [6, 6.07) is 3.63. The summed E-state index contributed by atoms with van der Waals surface area (Å²) in [4.78, 5) is 0. The van der Waals surface area contributed by atoms with Crippen molar-refractivity contribution in [1.82, 2.24) is 5.32 Å². The Morgan fingerprint density at radius 2 is 2.00 bits per heavy atom. The van der Waals surface area contributed by atoms with E-state index in [1.165, 1.54) is 12.1 Å². The summed E-state index contributed by atoms with van der Waals surface area (Å²) in [7, 11) is 0. The first-order chi connectivity index (χ1) is 6.77. The molecule has 0 aromatic heterocycles. The maximum absolute atomic E-state index is 13.3. The van der Waals surface area contributed by atoms with Crippen molar-refractivity contribution in [2.24, 2.45) is 0 Å². The van der Waals surface area contributed by atoms with Crippen molar-refractivity contribution >= 4 is 12.4 Å². The number of hydrogen-bond donors (Lipinski definition) is 1. The molecule has 2 rings (SSSR count). The van der Waals surface area contributed by atoms with Crippen LogP contribution in [0.5, 0.6) is 0 Å². The number of benzene rings is 1. The van der Waals surface area contributed by atoms with Crippen LogP contribution in [0.3, 0.4) is 0 Å². The average Bonchev–Trinajstić information content (AvgIpc) is 2.23. The van der Waals surface area contributed by atoms with Gasteiger partial charge in [0, 0.05) is 11.6 Å². The molecule has 1 saturated heterocycles. The number of nitrogens with one attached hydrogen (secondary N) is 1. The summed E-state index contributed by atoms with van der Waals surface area (Å²) in [5.74, 6) is -0.681. The van der Waals surface area contributed by atoms with Crippen LogP contribution in [-0.2, 0) is 0 Å². The van der Waals surface area contributed by atoms with Gasteiger partial charge in [-0.2, -0.15) is 0 Å². The molecule has 1 atom stereocenters. The van der Waals surface area contributed by atoms with Crippen molar-refractivity contribution in [3.05, 3.63) is 35.4 Å². The molecule has 0 unspecified atom stereocenters. The summed E-state index contributed by atoms with van der Waals surface area (Å²) >= 11 is 0. The molecule has 84 valence electrons. The second kappa shape index (κ2) is 5.42. The fourth-order valence-electron chi connectivity index (χ4n) is 1.90. The second-order valence-electron chi connectivity index (χ2n) is 3.67. The molecule has 1 aromatic carbocycles. The first-order valence-electron chi connectivity index (χ1n) is 4.96. The van der Waals surface area contributed by atoms with Crippen molar-refractivity contribution in [2.45, 2.75) is 25.3 Å². The van der Waals surface area contributed by atoms with Crippen molar-refractivity contribution in [1.29, 1.82) is 0 Å². The molecule has 1 aliphatic heterocycles. The van der Waals surface area contributed by atoms with Gasteiger partial charge in [0.25, 0.3) is 0 Å². The van der Waals surface area contributed by atoms with Gasteiger partial charge in [-0.25, -0.2) is 8.78 Å². The largest absolute Gasteiger partial charge is 0.310 e. The van der Waals surface area contributed by atoms with Crippen LogP contribution in [-0.4, -0.2) is 6.54 Å². The molecule has 1 heterocycles. The van der Waals surface area contributed by atoms with Crippen LogP contribution in [0, 0.1) is 11.6 Å². The Morgan fingerprint density at radius 1 is 1.20 bits per heavy atom.